The fraction of sp³-hybridized carbons (Fsp3) is 0.458. The van der Waals surface area contributed by atoms with E-state index in [4.69, 9.17) is 0 Å². The quantitative estimate of drug-likeness (QED) is 0.665. The van der Waals surface area contributed by atoms with Crippen LogP contribution in [0.15, 0.2) is 41.5 Å². The lowest BCUT2D eigenvalue weighted by molar-refractivity contribution is 0.0919. The van der Waals surface area contributed by atoms with Gasteiger partial charge in [-0.2, -0.15) is 0 Å². The summed E-state index contributed by atoms with van der Waals surface area (Å²) < 4.78 is 1.62. The Labute approximate surface area is 180 Å². The summed E-state index contributed by atoms with van der Waals surface area (Å²) in [7, 11) is 0. The molecule has 5 rings (SSSR count). The van der Waals surface area contributed by atoms with Gasteiger partial charge in [0.05, 0.1) is 23.1 Å². The summed E-state index contributed by atoms with van der Waals surface area (Å²) in [5, 5.41) is 3.80. The largest absolute Gasteiger partial charge is 0.349 e. The van der Waals surface area contributed by atoms with Gasteiger partial charge in [-0.05, 0) is 62.0 Å². The van der Waals surface area contributed by atoms with E-state index in [0.717, 1.165) is 23.0 Å². The van der Waals surface area contributed by atoms with E-state index in [0.29, 0.717) is 27.6 Å². The van der Waals surface area contributed by atoms with Gasteiger partial charge in [-0.3, -0.25) is 14.2 Å². The highest BCUT2D eigenvalue weighted by molar-refractivity contribution is 7.20. The molecule has 2 bridgehead atoms. The molecule has 0 radical (unpaired) electrons. The fourth-order valence-electron chi connectivity index (χ4n) is 5.55. The van der Waals surface area contributed by atoms with Gasteiger partial charge in [0.15, 0.2) is 0 Å². The lowest BCUT2D eigenvalue weighted by Crippen LogP contribution is -2.40. The number of carbonyl (C=O) groups is 1. The number of aryl methyl sites for hydroxylation is 1. The molecule has 5 nitrogen and oxygen atoms in total. The Hall–Kier alpha value is -2.47. The Balaban J connectivity index is 1.39. The third-order valence-corrected chi connectivity index (χ3v) is 8.31. The Morgan fingerprint density at radius 1 is 1.27 bits per heavy atom. The van der Waals surface area contributed by atoms with Crippen LogP contribution in [0.4, 0.5) is 0 Å². The zero-order valence-electron chi connectivity index (χ0n) is 17.4. The number of amides is 1. The number of thiophene rings is 1. The minimum atomic E-state index is -0.0854. The maximum Gasteiger partial charge on any atom is 0.262 e. The van der Waals surface area contributed by atoms with Crippen molar-refractivity contribution in [3.05, 3.63) is 63.0 Å². The van der Waals surface area contributed by atoms with Crippen LogP contribution in [-0.2, 0) is 6.54 Å². The summed E-state index contributed by atoms with van der Waals surface area (Å²) in [5.41, 5.74) is 1.71. The number of hydrogen-bond donors (Lipinski definition) is 1. The van der Waals surface area contributed by atoms with Gasteiger partial charge in [0.2, 0.25) is 0 Å². The lowest BCUT2D eigenvalue weighted by Gasteiger charge is -2.28. The van der Waals surface area contributed by atoms with E-state index < -0.39 is 0 Å². The first-order valence-corrected chi connectivity index (χ1v) is 11.7. The highest BCUT2D eigenvalue weighted by Crippen LogP contribution is 2.49. The molecule has 0 saturated heterocycles. The second-order valence-electron chi connectivity index (χ2n) is 9.00. The number of nitrogens with zero attached hydrogens (tertiary/aromatic N) is 2. The molecule has 4 unspecified atom stereocenters. The second kappa shape index (κ2) is 7.65. The molecule has 2 heterocycles. The van der Waals surface area contributed by atoms with Crippen molar-refractivity contribution in [1.29, 1.82) is 0 Å². The van der Waals surface area contributed by atoms with Crippen molar-refractivity contribution in [2.45, 2.75) is 52.1 Å². The Kier molecular flexibility index (Phi) is 4.97. The van der Waals surface area contributed by atoms with Gasteiger partial charge in [0.1, 0.15) is 4.83 Å². The highest BCUT2D eigenvalue weighted by atomic mass is 32.1. The van der Waals surface area contributed by atoms with Gasteiger partial charge in [0, 0.05) is 6.04 Å². The average Bonchev–Trinajstić information content (AvgIpc) is 3.45. The topological polar surface area (TPSA) is 64.0 Å². The van der Waals surface area contributed by atoms with Crippen molar-refractivity contribution < 1.29 is 4.79 Å². The number of hydrogen-bond acceptors (Lipinski definition) is 4. The molecular weight excluding hydrogens is 394 g/mol. The van der Waals surface area contributed by atoms with Crippen LogP contribution < -0.4 is 10.9 Å². The van der Waals surface area contributed by atoms with E-state index in [2.05, 4.69) is 17.2 Å². The molecule has 3 aromatic rings. The van der Waals surface area contributed by atoms with Crippen LogP contribution >= 0.6 is 11.3 Å². The van der Waals surface area contributed by atoms with Crippen LogP contribution in [0, 0.1) is 24.7 Å². The molecule has 0 spiro atoms. The zero-order valence-corrected chi connectivity index (χ0v) is 18.2. The van der Waals surface area contributed by atoms with Crippen LogP contribution in [0.2, 0.25) is 0 Å². The monoisotopic (exact) mass is 421 g/mol. The summed E-state index contributed by atoms with van der Waals surface area (Å²) in [6.07, 6.45) is 6.83. The minimum absolute atomic E-state index is 0.0696. The Morgan fingerprint density at radius 3 is 2.77 bits per heavy atom. The van der Waals surface area contributed by atoms with Gasteiger partial charge >= 0.3 is 0 Å². The SMILES string of the molecule is Cc1c(C(=O)NC(C)C2CC3CCC2C3)sc2ncn(Cc3ccccc3)c(=O)c12. The molecule has 2 aliphatic rings. The van der Waals surface area contributed by atoms with E-state index in [1.165, 1.54) is 37.0 Å². The first-order valence-electron chi connectivity index (χ1n) is 10.8. The van der Waals surface area contributed by atoms with E-state index in [-0.39, 0.29) is 17.5 Å². The molecule has 30 heavy (non-hydrogen) atoms. The normalized spacial score (nSPS) is 23.7. The summed E-state index contributed by atoms with van der Waals surface area (Å²) in [6.45, 7) is 4.48. The average molecular weight is 422 g/mol. The molecule has 1 amide bonds. The summed E-state index contributed by atoms with van der Waals surface area (Å²) in [5.74, 6) is 2.14. The first kappa shape index (κ1) is 19.5. The van der Waals surface area contributed by atoms with Crippen molar-refractivity contribution >= 4 is 27.5 Å². The van der Waals surface area contributed by atoms with Gasteiger partial charge in [0.25, 0.3) is 11.5 Å². The van der Waals surface area contributed by atoms with Crippen LogP contribution in [0.25, 0.3) is 10.2 Å². The zero-order chi connectivity index (χ0) is 20.8. The van der Waals surface area contributed by atoms with Crippen molar-refractivity contribution in [2.75, 3.05) is 0 Å². The summed E-state index contributed by atoms with van der Waals surface area (Å²) in [6, 6.07) is 10.0. The smallest absolute Gasteiger partial charge is 0.262 e. The number of aromatic nitrogens is 2. The fourth-order valence-corrected chi connectivity index (χ4v) is 6.60. The number of nitrogens with one attached hydrogen (secondary N) is 1. The van der Waals surface area contributed by atoms with E-state index in [9.17, 15) is 9.59 Å². The predicted octanol–water partition coefficient (Wildman–Crippen LogP) is 4.37. The highest BCUT2D eigenvalue weighted by Gasteiger charge is 2.42. The molecule has 2 aliphatic carbocycles. The predicted molar refractivity (Wildman–Crippen MR) is 120 cm³/mol. The number of benzene rings is 1. The van der Waals surface area contributed by atoms with Gasteiger partial charge in [-0.15, -0.1) is 11.3 Å². The Bertz CT molecular complexity index is 1150. The van der Waals surface area contributed by atoms with Crippen molar-refractivity contribution in [1.82, 2.24) is 14.9 Å². The molecule has 2 saturated carbocycles. The van der Waals surface area contributed by atoms with Gasteiger partial charge < -0.3 is 5.32 Å². The molecule has 1 aromatic carbocycles. The van der Waals surface area contributed by atoms with E-state index >= 15 is 0 Å². The maximum atomic E-state index is 13.1. The molecule has 2 fully saturated rings. The van der Waals surface area contributed by atoms with E-state index in [1.54, 1.807) is 10.9 Å². The number of carbonyl (C=O) groups excluding carboxylic acids is 1. The number of fused-ring (bicyclic) bond motifs is 3. The van der Waals surface area contributed by atoms with Crippen LogP contribution in [0.1, 0.15) is 53.4 Å². The molecule has 0 aliphatic heterocycles. The van der Waals surface area contributed by atoms with Crippen LogP contribution in [0.3, 0.4) is 0 Å². The molecular formula is C24H27N3O2S. The molecule has 6 heteroatoms. The molecule has 156 valence electrons. The minimum Gasteiger partial charge on any atom is -0.349 e. The maximum absolute atomic E-state index is 13.1. The van der Waals surface area contributed by atoms with Crippen molar-refractivity contribution in [2.24, 2.45) is 17.8 Å². The Morgan fingerprint density at radius 2 is 2.07 bits per heavy atom. The first-order chi connectivity index (χ1) is 14.5. The van der Waals surface area contributed by atoms with Crippen molar-refractivity contribution in [3.8, 4) is 0 Å². The lowest BCUT2D eigenvalue weighted by atomic mass is 9.84. The second-order valence-corrected chi connectivity index (χ2v) is 10.00. The summed E-state index contributed by atoms with van der Waals surface area (Å²) >= 11 is 1.32. The van der Waals surface area contributed by atoms with Crippen LogP contribution in [0.5, 0.6) is 0 Å². The molecule has 1 N–H and O–H groups in total. The third kappa shape index (κ3) is 3.37. The number of rotatable bonds is 5. The standard InChI is InChI=1S/C24H27N3O2S/c1-14-20-23(25-13-27(24(20)29)12-16-6-4-3-5-7-16)30-21(14)22(28)26-15(2)19-11-17-8-9-18(19)10-17/h3-7,13,15,17-19H,8-12H2,1-2H3,(H,26,28). The molecule has 2 aromatic heterocycles. The van der Waals surface area contributed by atoms with E-state index in [1.807, 2.05) is 37.3 Å². The molecule has 4 atom stereocenters. The van der Waals surface area contributed by atoms with Gasteiger partial charge in [-0.1, -0.05) is 36.8 Å². The van der Waals surface area contributed by atoms with Gasteiger partial charge in [-0.25, -0.2) is 4.98 Å². The third-order valence-electron chi connectivity index (χ3n) is 7.11. The summed E-state index contributed by atoms with van der Waals surface area (Å²) in [4.78, 5) is 31.9. The van der Waals surface area contributed by atoms with Crippen LogP contribution in [-0.4, -0.2) is 21.5 Å². The van der Waals surface area contributed by atoms with Crippen molar-refractivity contribution in [3.63, 3.8) is 0 Å².